The first-order valence-corrected chi connectivity index (χ1v) is 16.1. The Hall–Kier alpha value is -3.22. The van der Waals surface area contributed by atoms with Crippen LogP contribution in [0, 0.1) is 71.0 Å². The Morgan fingerprint density at radius 1 is 0.711 bits per heavy atom. The fourth-order valence-electron chi connectivity index (χ4n) is 12.2. The number of ether oxygens (including phenoxy) is 3. The van der Waals surface area contributed by atoms with Gasteiger partial charge in [0.15, 0.2) is 11.2 Å². The molecule has 0 aromatic heterocycles. The summed E-state index contributed by atoms with van der Waals surface area (Å²) in [6, 6.07) is 0. The van der Waals surface area contributed by atoms with Crippen LogP contribution in [0.3, 0.4) is 0 Å². The molecule has 6 bridgehead atoms. The minimum atomic E-state index is -1.64. The SMILES string of the molecule is COC(=O)C12OC(C(=O)OC)([C@@H]3[C@@H]4C[C@@H]([C@@H]5C(=O)N(CCN=C=S)C(=O)[C@H]45)[C@@H]31)[C@H]1[C@H]3C[C@H]([C@H]4C(=O)N(CCN=C=S)C(=O)[C@@H]34)[C@H]12. The van der Waals surface area contributed by atoms with Gasteiger partial charge >= 0.3 is 11.9 Å². The minimum Gasteiger partial charge on any atom is -0.467 e. The molecule has 13 nitrogen and oxygen atoms in total. The van der Waals surface area contributed by atoms with E-state index in [9.17, 15) is 28.8 Å². The van der Waals surface area contributed by atoms with E-state index in [2.05, 4.69) is 44.7 Å². The number of nitrogens with zero attached hydrogens (tertiary/aromatic N) is 4. The summed E-state index contributed by atoms with van der Waals surface area (Å²) >= 11 is 9.28. The van der Waals surface area contributed by atoms with Crippen LogP contribution >= 0.6 is 24.4 Å². The Morgan fingerprint density at radius 2 is 1.02 bits per heavy atom. The molecule has 4 aliphatic heterocycles. The zero-order chi connectivity index (χ0) is 31.7. The molecule has 14 atom stereocenters. The van der Waals surface area contributed by atoms with Crippen LogP contribution in [0.25, 0.3) is 0 Å². The Bertz CT molecular complexity index is 1410. The highest BCUT2D eigenvalue weighted by Gasteiger charge is 2.93. The number of imide groups is 2. The lowest BCUT2D eigenvalue weighted by atomic mass is 9.47. The Kier molecular flexibility index (Phi) is 6.26. The highest BCUT2D eigenvalue weighted by atomic mass is 32.1. The van der Waals surface area contributed by atoms with Gasteiger partial charge in [0.1, 0.15) is 0 Å². The predicted octanol–water partition coefficient (Wildman–Crippen LogP) is 0.0260. The smallest absolute Gasteiger partial charge is 0.338 e. The predicted molar refractivity (Wildman–Crippen MR) is 155 cm³/mol. The average molecular weight is 655 g/mol. The largest absolute Gasteiger partial charge is 0.467 e. The van der Waals surface area contributed by atoms with E-state index in [1.54, 1.807) is 0 Å². The van der Waals surface area contributed by atoms with Gasteiger partial charge in [0.2, 0.25) is 23.6 Å². The molecule has 4 aliphatic carbocycles. The molecule has 8 rings (SSSR count). The van der Waals surface area contributed by atoms with Gasteiger partial charge in [-0.3, -0.25) is 29.0 Å². The van der Waals surface area contributed by atoms with E-state index in [0.717, 1.165) is 0 Å². The number of carbonyl (C=O) groups excluding carboxylic acids is 6. The number of thiocarbonyl (C=S) groups is 2. The Balaban J connectivity index is 1.24. The topological polar surface area (TPSA) is 161 Å². The summed E-state index contributed by atoms with van der Waals surface area (Å²) in [5.74, 6) is -9.39. The maximum absolute atomic E-state index is 14.2. The molecule has 0 aromatic rings. The minimum absolute atomic E-state index is 0.0686. The normalized spacial score (nSPS) is 47.0. The van der Waals surface area contributed by atoms with Gasteiger partial charge < -0.3 is 14.2 Å². The van der Waals surface area contributed by atoms with Crippen molar-refractivity contribution < 1.29 is 43.0 Å². The number of hydrogen-bond acceptors (Lipinski definition) is 13. The third-order valence-electron chi connectivity index (χ3n) is 12.9. The van der Waals surface area contributed by atoms with Crippen molar-refractivity contribution >= 4 is 70.3 Å². The molecule has 236 valence electrons. The summed E-state index contributed by atoms with van der Waals surface area (Å²) in [4.78, 5) is 93.6. The molecule has 4 amide bonds. The van der Waals surface area contributed by atoms with Gasteiger partial charge in [-0.1, -0.05) is 0 Å². The van der Waals surface area contributed by atoms with Gasteiger partial charge in [-0.25, -0.2) is 19.6 Å². The number of carbonyl (C=O) groups is 6. The van der Waals surface area contributed by atoms with Gasteiger partial charge in [0.25, 0.3) is 0 Å². The van der Waals surface area contributed by atoms with Crippen LogP contribution in [0.4, 0.5) is 0 Å². The van der Waals surface area contributed by atoms with E-state index in [-0.39, 0.29) is 49.8 Å². The van der Waals surface area contributed by atoms with Gasteiger partial charge in [-0.05, 0) is 60.9 Å². The monoisotopic (exact) mass is 654 g/mol. The second kappa shape index (κ2) is 9.65. The molecule has 8 fully saturated rings. The molecule has 15 heteroatoms. The van der Waals surface area contributed by atoms with Crippen molar-refractivity contribution in [3.8, 4) is 0 Å². The molecule has 0 N–H and O–H groups in total. The van der Waals surface area contributed by atoms with Crippen molar-refractivity contribution in [2.45, 2.75) is 24.0 Å². The van der Waals surface area contributed by atoms with E-state index in [0.29, 0.717) is 12.8 Å². The zero-order valence-electron chi connectivity index (χ0n) is 24.5. The van der Waals surface area contributed by atoms with E-state index in [4.69, 9.17) is 14.2 Å². The number of likely N-dealkylation sites (tertiary alicyclic amines) is 2. The van der Waals surface area contributed by atoms with Crippen molar-refractivity contribution in [3.63, 3.8) is 0 Å². The van der Waals surface area contributed by atoms with Crippen LogP contribution in [0.15, 0.2) is 9.98 Å². The van der Waals surface area contributed by atoms with Gasteiger partial charge in [-0.2, -0.15) is 0 Å². The Labute approximate surface area is 268 Å². The summed E-state index contributed by atoms with van der Waals surface area (Å²) < 4.78 is 17.7. The number of esters is 2. The molecule has 8 aliphatic rings. The molecular formula is C30H30N4O9S2. The highest BCUT2D eigenvalue weighted by molar-refractivity contribution is 7.78. The van der Waals surface area contributed by atoms with Crippen LogP contribution < -0.4 is 0 Å². The van der Waals surface area contributed by atoms with Crippen molar-refractivity contribution in [2.24, 2.45) is 81.0 Å². The molecule has 4 heterocycles. The zero-order valence-corrected chi connectivity index (χ0v) is 26.1. The highest BCUT2D eigenvalue weighted by Crippen LogP contribution is 2.83. The van der Waals surface area contributed by atoms with E-state index in [1.165, 1.54) is 24.0 Å². The molecular weight excluding hydrogens is 624 g/mol. The van der Waals surface area contributed by atoms with Crippen LogP contribution in [0.1, 0.15) is 12.8 Å². The first-order chi connectivity index (χ1) is 21.7. The van der Waals surface area contributed by atoms with E-state index >= 15 is 0 Å². The maximum Gasteiger partial charge on any atom is 0.338 e. The van der Waals surface area contributed by atoms with Crippen LogP contribution in [-0.4, -0.2) is 107 Å². The first-order valence-electron chi connectivity index (χ1n) is 15.3. The molecule has 0 spiro atoms. The Morgan fingerprint density at radius 3 is 1.29 bits per heavy atom. The molecule has 4 saturated heterocycles. The fourth-order valence-corrected chi connectivity index (χ4v) is 12.4. The number of fused-ring (bicyclic) bond motifs is 22. The van der Waals surface area contributed by atoms with Crippen molar-refractivity contribution in [2.75, 3.05) is 40.4 Å². The third kappa shape index (κ3) is 3.09. The summed E-state index contributed by atoms with van der Waals surface area (Å²) in [5, 5.41) is 4.51. The fraction of sp³-hybridized carbons (Fsp3) is 0.733. The average Bonchev–Trinajstić information content (AvgIpc) is 3.89. The number of methoxy groups -OCH3 is 2. The third-order valence-corrected chi connectivity index (χ3v) is 13.1. The van der Waals surface area contributed by atoms with Gasteiger partial charge in [-0.15, -0.1) is 0 Å². The number of amides is 4. The maximum atomic E-state index is 14.2. The molecule has 0 radical (unpaired) electrons. The molecule has 0 aromatic carbocycles. The lowest BCUT2D eigenvalue weighted by Crippen LogP contribution is -2.64. The number of rotatable bonds is 8. The number of hydrogen-bond donors (Lipinski definition) is 0. The summed E-state index contributed by atoms with van der Waals surface area (Å²) in [6.45, 7) is 0.409. The number of isothiocyanates is 2. The molecule has 2 unspecified atom stereocenters. The quantitative estimate of drug-likeness (QED) is 0.150. The van der Waals surface area contributed by atoms with E-state index < -0.39 is 94.2 Å². The van der Waals surface area contributed by atoms with Crippen molar-refractivity contribution in [3.05, 3.63) is 0 Å². The van der Waals surface area contributed by atoms with E-state index in [1.807, 2.05) is 0 Å². The van der Waals surface area contributed by atoms with Gasteiger partial charge in [0, 0.05) is 36.8 Å². The van der Waals surface area contributed by atoms with Crippen LogP contribution in [-0.2, 0) is 43.0 Å². The number of aliphatic imine (C=N–C) groups is 2. The summed E-state index contributed by atoms with van der Waals surface area (Å²) in [6.07, 6.45) is 0.950. The first kappa shape index (κ1) is 29.2. The second-order valence-electron chi connectivity index (χ2n) is 13.6. The van der Waals surface area contributed by atoms with Crippen LogP contribution in [0.2, 0.25) is 0 Å². The lowest BCUT2D eigenvalue weighted by Gasteiger charge is -2.51. The summed E-state index contributed by atoms with van der Waals surface area (Å²) in [7, 11) is 2.52. The summed E-state index contributed by atoms with van der Waals surface area (Å²) in [5.41, 5.74) is -3.27. The van der Waals surface area contributed by atoms with Crippen molar-refractivity contribution in [1.29, 1.82) is 0 Å². The van der Waals surface area contributed by atoms with Gasteiger partial charge in [0.05, 0.1) is 61.3 Å². The standard InChI is InChI=1S/C30H30N4O9S2/c1-41-27(39)29-19-11-7-13(17-15(11)23(35)33(25(17)37)5-3-31-9-44)21(19)30(43-29,28(40)42-2)22-14-8-12(20(22)29)16-18(14)26(38)34(24(16)36)6-4-32-10-45/h11-22H,3-8H2,1-2H3/t11-,12+,13+,14-,15-,16+,17+,18-,19-,20+,21+,22-,29?,30?. The molecule has 4 saturated carbocycles. The molecule has 45 heavy (non-hydrogen) atoms. The second-order valence-corrected chi connectivity index (χ2v) is 14.0. The van der Waals surface area contributed by atoms with Crippen LogP contribution in [0.5, 0.6) is 0 Å². The van der Waals surface area contributed by atoms with Crippen molar-refractivity contribution in [1.82, 2.24) is 9.80 Å². The lowest BCUT2D eigenvalue weighted by molar-refractivity contribution is -0.188.